The molecule has 0 radical (unpaired) electrons. The van der Waals surface area contributed by atoms with Crippen molar-refractivity contribution in [3.63, 3.8) is 0 Å². The van der Waals surface area contributed by atoms with E-state index in [9.17, 15) is 9.90 Å². The van der Waals surface area contributed by atoms with E-state index in [-0.39, 0.29) is 18.0 Å². The molecule has 0 aromatic heterocycles. The van der Waals surface area contributed by atoms with Gasteiger partial charge in [-0.25, -0.2) is 0 Å². The van der Waals surface area contributed by atoms with Crippen molar-refractivity contribution in [1.29, 1.82) is 0 Å². The standard InChI is InChI=1S/C19H16O4/c20-15-10-12-4-1-2-6-14(12)18(15)16(21)11-13-5-3-7-17-19(13)23-9-8-22-17/h1-7,20H,8-11H2. The highest BCUT2D eigenvalue weighted by Gasteiger charge is 2.27. The number of hydrogen-bond donors (Lipinski definition) is 1. The van der Waals surface area contributed by atoms with Crippen LogP contribution in [0.25, 0.3) is 5.57 Å². The van der Waals surface area contributed by atoms with E-state index in [1.165, 1.54) is 0 Å². The zero-order chi connectivity index (χ0) is 15.8. The van der Waals surface area contributed by atoms with Gasteiger partial charge in [0, 0.05) is 18.4 Å². The van der Waals surface area contributed by atoms with Crippen molar-refractivity contribution < 1.29 is 19.4 Å². The van der Waals surface area contributed by atoms with Gasteiger partial charge in [0.05, 0.1) is 5.57 Å². The lowest BCUT2D eigenvalue weighted by Gasteiger charge is -2.20. The summed E-state index contributed by atoms with van der Waals surface area (Å²) < 4.78 is 11.2. The van der Waals surface area contributed by atoms with Crippen molar-refractivity contribution in [2.75, 3.05) is 13.2 Å². The van der Waals surface area contributed by atoms with E-state index in [0.29, 0.717) is 36.7 Å². The molecule has 116 valence electrons. The van der Waals surface area contributed by atoms with Crippen LogP contribution in [-0.2, 0) is 17.6 Å². The van der Waals surface area contributed by atoms with E-state index < -0.39 is 0 Å². The minimum absolute atomic E-state index is 0.102. The third-order valence-electron chi connectivity index (χ3n) is 4.21. The molecule has 0 fully saturated rings. The summed E-state index contributed by atoms with van der Waals surface area (Å²) in [6.45, 7) is 0.999. The number of benzene rings is 2. The summed E-state index contributed by atoms with van der Waals surface area (Å²) in [4.78, 5) is 12.8. The molecule has 4 nitrogen and oxygen atoms in total. The number of rotatable bonds is 3. The molecule has 2 aromatic rings. The number of allylic oxidation sites excluding steroid dienone is 2. The fraction of sp³-hybridized carbons (Fsp3) is 0.211. The van der Waals surface area contributed by atoms with Gasteiger partial charge in [0.1, 0.15) is 19.0 Å². The van der Waals surface area contributed by atoms with Crippen LogP contribution in [-0.4, -0.2) is 24.1 Å². The molecule has 1 aliphatic carbocycles. The second-order valence-corrected chi connectivity index (χ2v) is 5.70. The molecular formula is C19H16O4. The van der Waals surface area contributed by atoms with E-state index in [1.54, 1.807) is 0 Å². The summed E-state index contributed by atoms with van der Waals surface area (Å²) >= 11 is 0. The Morgan fingerprint density at radius 2 is 1.87 bits per heavy atom. The summed E-state index contributed by atoms with van der Waals surface area (Å²) in [5.41, 5.74) is 3.03. The zero-order valence-corrected chi connectivity index (χ0v) is 12.5. The molecule has 2 aromatic carbocycles. The molecule has 0 amide bonds. The first-order valence-electron chi connectivity index (χ1n) is 7.65. The molecule has 1 heterocycles. The fourth-order valence-electron chi connectivity index (χ4n) is 3.19. The van der Waals surface area contributed by atoms with E-state index in [1.807, 2.05) is 42.5 Å². The van der Waals surface area contributed by atoms with Crippen LogP contribution in [0.4, 0.5) is 0 Å². The maximum absolute atomic E-state index is 12.8. The molecule has 1 aliphatic heterocycles. The van der Waals surface area contributed by atoms with Crippen molar-refractivity contribution in [3.8, 4) is 11.5 Å². The first-order valence-corrected chi connectivity index (χ1v) is 7.65. The summed E-state index contributed by atoms with van der Waals surface area (Å²) in [7, 11) is 0. The number of hydrogen-bond acceptors (Lipinski definition) is 4. The Morgan fingerprint density at radius 1 is 1.04 bits per heavy atom. The van der Waals surface area contributed by atoms with Crippen LogP contribution in [0, 0.1) is 0 Å². The number of para-hydroxylation sites is 1. The molecule has 2 aliphatic rings. The molecule has 0 unspecified atom stereocenters. The molecule has 0 spiro atoms. The fourth-order valence-corrected chi connectivity index (χ4v) is 3.19. The van der Waals surface area contributed by atoms with Crippen LogP contribution < -0.4 is 9.47 Å². The SMILES string of the molecule is O=C(Cc1cccc2c1OCCO2)C1=C(O)Cc2ccccc21. The van der Waals surface area contributed by atoms with Crippen LogP contribution >= 0.6 is 0 Å². The highest BCUT2D eigenvalue weighted by atomic mass is 16.6. The Balaban J connectivity index is 1.66. The highest BCUT2D eigenvalue weighted by molar-refractivity contribution is 6.23. The van der Waals surface area contributed by atoms with Crippen LogP contribution in [0.1, 0.15) is 16.7 Å². The number of Topliss-reactive ketones (excluding diaryl/α,β-unsaturated/α-hetero) is 1. The lowest BCUT2D eigenvalue weighted by Crippen LogP contribution is -2.17. The third kappa shape index (κ3) is 2.36. The second kappa shape index (κ2) is 5.47. The number of carbonyl (C=O) groups excluding carboxylic acids is 1. The van der Waals surface area contributed by atoms with Gasteiger partial charge in [-0.05, 0) is 17.2 Å². The third-order valence-corrected chi connectivity index (χ3v) is 4.21. The quantitative estimate of drug-likeness (QED) is 0.946. The van der Waals surface area contributed by atoms with Gasteiger partial charge in [-0.2, -0.15) is 0 Å². The highest BCUT2D eigenvalue weighted by Crippen LogP contribution is 2.37. The van der Waals surface area contributed by atoms with Crippen LogP contribution in [0.3, 0.4) is 0 Å². The summed E-state index contributed by atoms with van der Waals surface area (Å²) in [6.07, 6.45) is 0.601. The van der Waals surface area contributed by atoms with Gasteiger partial charge in [0.25, 0.3) is 0 Å². The topological polar surface area (TPSA) is 55.8 Å². The number of aliphatic hydroxyl groups is 1. The van der Waals surface area contributed by atoms with Crippen molar-refractivity contribution in [2.45, 2.75) is 12.8 Å². The van der Waals surface area contributed by atoms with Crippen LogP contribution in [0.2, 0.25) is 0 Å². The number of carbonyl (C=O) groups is 1. The molecule has 0 bridgehead atoms. The van der Waals surface area contributed by atoms with Gasteiger partial charge in [-0.1, -0.05) is 36.4 Å². The van der Waals surface area contributed by atoms with Crippen molar-refractivity contribution in [2.24, 2.45) is 0 Å². The summed E-state index contributed by atoms with van der Waals surface area (Å²) in [5.74, 6) is 1.36. The maximum Gasteiger partial charge on any atom is 0.171 e. The maximum atomic E-state index is 12.8. The monoisotopic (exact) mass is 308 g/mol. The van der Waals surface area contributed by atoms with Gasteiger partial charge < -0.3 is 14.6 Å². The molecule has 0 atom stereocenters. The summed E-state index contributed by atoms with van der Waals surface area (Å²) in [5, 5.41) is 10.2. The smallest absolute Gasteiger partial charge is 0.171 e. The Bertz CT molecular complexity index is 820. The normalized spacial score (nSPS) is 15.5. The Hall–Kier alpha value is -2.75. The molecule has 4 rings (SSSR count). The van der Waals surface area contributed by atoms with E-state index in [0.717, 1.165) is 16.7 Å². The van der Waals surface area contributed by atoms with Gasteiger partial charge >= 0.3 is 0 Å². The van der Waals surface area contributed by atoms with Gasteiger partial charge in [0.2, 0.25) is 0 Å². The van der Waals surface area contributed by atoms with Crippen molar-refractivity contribution >= 4 is 11.4 Å². The number of fused-ring (bicyclic) bond motifs is 2. The van der Waals surface area contributed by atoms with Crippen LogP contribution in [0.5, 0.6) is 11.5 Å². The minimum atomic E-state index is -0.102. The second-order valence-electron chi connectivity index (χ2n) is 5.70. The molecule has 1 N–H and O–H groups in total. The average molecular weight is 308 g/mol. The van der Waals surface area contributed by atoms with Gasteiger partial charge in [0.15, 0.2) is 17.3 Å². The predicted octanol–water partition coefficient (Wildman–Crippen LogP) is 3.09. The number of aliphatic hydroxyl groups excluding tert-OH is 1. The van der Waals surface area contributed by atoms with Crippen LogP contribution in [0.15, 0.2) is 48.2 Å². The van der Waals surface area contributed by atoms with E-state index >= 15 is 0 Å². The number of ketones is 1. The zero-order valence-electron chi connectivity index (χ0n) is 12.5. The first kappa shape index (κ1) is 13.9. The Kier molecular flexibility index (Phi) is 3.30. The van der Waals surface area contributed by atoms with E-state index in [4.69, 9.17) is 9.47 Å². The molecule has 0 saturated carbocycles. The molecular weight excluding hydrogens is 292 g/mol. The van der Waals surface area contributed by atoms with Crippen molar-refractivity contribution in [1.82, 2.24) is 0 Å². The van der Waals surface area contributed by atoms with Crippen molar-refractivity contribution in [3.05, 3.63) is 64.9 Å². The minimum Gasteiger partial charge on any atom is -0.511 e. The lowest BCUT2D eigenvalue weighted by molar-refractivity contribution is -0.113. The Labute approximate surface area is 134 Å². The molecule has 23 heavy (non-hydrogen) atoms. The largest absolute Gasteiger partial charge is 0.511 e. The lowest BCUT2D eigenvalue weighted by atomic mass is 9.97. The van der Waals surface area contributed by atoms with Gasteiger partial charge in [-0.3, -0.25) is 4.79 Å². The van der Waals surface area contributed by atoms with Gasteiger partial charge in [-0.15, -0.1) is 0 Å². The van der Waals surface area contributed by atoms with E-state index in [2.05, 4.69) is 0 Å². The molecule has 4 heteroatoms. The predicted molar refractivity (Wildman–Crippen MR) is 85.8 cm³/mol. The summed E-state index contributed by atoms with van der Waals surface area (Å²) in [6, 6.07) is 13.2. The first-order chi connectivity index (χ1) is 11.2. The Morgan fingerprint density at radius 3 is 2.78 bits per heavy atom. The molecule has 0 saturated heterocycles. The number of ether oxygens (including phenoxy) is 2. The average Bonchev–Trinajstić information content (AvgIpc) is 2.91.